The largest absolute Gasteiger partial charge is 0.339 e. The Morgan fingerprint density at radius 1 is 1.13 bits per heavy atom. The van der Waals surface area contributed by atoms with Crippen LogP contribution in [0, 0.1) is 11.6 Å². The zero-order chi connectivity index (χ0) is 11.4. The third-order valence-electron chi connectivity index (χ3n) is 2.16. The molecule has 1 rings (SSSR count). The van der Waals surface area contributed by atoms with E-state index >= 15 is 0 Å². The van der Waals surface area contributed by atoms with E-state index in [1.807, 2.05) is 13.8 Å². The number of amides is 1. The highest BCUT2D eigenvalue weighted by molar-refractivity contribution is 5.94. The van der Waals surface area contributed by atoms with Crippen LogP contribution in [0.5, 0.6) is 0 Å². The van der Waals surface area contributed by atoms with Gasteiger partial charge in [0.25, 0.3) is 5.91 Å². The van der Waals surface area contributed by atoms with Gasteiger partial charge in [0.15, 0.2) is 0 Å². The topological polar surface area (TPSA) is 20.3 Å². The fourth-order valence-corrected chi connectivity index (χ4v) is 1.37. The summed E-state index contributed by atoms with van der Waals surface area (Å²) in [6.45, 7) is 4.68. The van der Waals surface area contributed by atoms with E-state index in [1.54, 1.807) is 0 Å². The Hall–Kier alpha value is -1.45. The zero-order valence-corrected chi connectivity index (χ0v) is 8.76. The molecule has 1 aromatic rings. The number of carbonyl (C=O) groups excluding carboxylic acids is 1. The number of benzene rings is 1. The SMILES string of the molecule is CCN(CC)C(=O)c1cc(F)cc(F)c1. The molecular formula is C11H13F2NO. The molecule has 4 heteroatoms. The van der Waals surface area contributed by atoms with Gasteiger partial charge in [-0.15, -0.1) is 0 Å². The van der Waals surface area contributed by atoms with Crippen LogP contribution in [0.25, 0.3) is 0 Å². The Labute approximate surface area is 87.5 Å². The van der Waals surface area contributed by atoms with Crippen LogP contribution >= 0.6 is 0 Å². The van der Waals surface area contributed by atoms with Crippen LogP contribution in [0.15, 0.2) is 18.2 Å². The molecule has 1 aromatic carbocycles. The lowest BCUT2D eigenvalue weighted by atomic mass is 10.2. The molecule has 0 spiro atoms. The van der Waals surface area contributed by atoms with Crippen molar-refractivity contribution in [2.24, 2.45) is 0 Å². The normalized spacial score (nSPS) is 10.1. The van der Waals surface area contributed by atoms with Gasteiger partial charge in [-0.25, -0.2) is 8.78 Å². The van der Waals surface area contributed by atoms with Gasteiger partial charge in [0.1, 0.15) is 11.6 Å². The predicted molar refractivity (Wildman–Crippen MR) is 53.6 cm³/mol. The van der Waals surface area contributed by atoms with Crippen molar-refractivity contribution < 1.29 is 13.6 Å². The van der Waals surface area contributed by atoms with E-state index < -0.39 is 11.6 Å². The lowest BCUT2D eigenvalue weighted by molar-refractivity contribution is 0.0772. The maximum atomic E-state index is 12.8. The van der Waals surface area contributed by atoms with Crippen molar-refractivity contribution in [1.82, 2.24) is 4.90 Å². The van der Waals surface area contributed by atoms with E-state index in [0.29, 0.717) is 13.1 Å². The molecule has 0 unspecified atom stereocenters. The van der Waals surface area contributed by atoms with Gasteiger partial charge >= 0.3 is 0 Å². The van der Waals surface area contributed by atoms with Gasteiger partial charge < -0.3 is 4.90 Å². The van der Waals surface area contributed by atoms with Crippen molar-refractivity contribution in [3.63, 3.8) is 0 Å². The van der Waals surface area contributed by atoms with Crippen molar-refractivity contribution in [2.75, 3.05) is 13.1 Å². The summed E-state index contributed by atoms with van der Waals surface area (Å²) in [5.41, 5.74) is 0.0520. The van der Waals surface area contributed by atoms with Crippen molar-refractivity contribution in [1.29, 1.82) is 0 Å². The lowest BCUT2D eigenvalue weighted by Crippen LogP contribution is -2.30. The van der Waals surface area contributed by atoms with E-state index in [1.165, 1.54) is 4.90 Å². The van der Waals surface area contributed by atoms with Crippen molar-refractivity contribution in [2.45, 2.75) is 13.8 Å². The van der Waals surface area contributed by atoms with Crippen LogP contribution < -0.4 is 0 Å². The summed E-state index contributed by atoms with van der Waals surface area (Å²) in [5, 5.41) is 0. The molecule has 0 radical (unpaired) electrons. The van der Waals surface area contributed by atoms with Crippen LogP contribution in [0.2, 0.25) is 0 Å². The Bertz CT molecular complexity index is 341. The summed E-state index contributed by atoms with van der Waals surface area (Å²) in [5.74, 6) is -1.81. The minimum atomic E-state index is -0.731. The van der Waals surface area contributed by atoms with E-state index in [9.17, 15) is 13.6 Å². The number of rotatable bonds is 3. The van der Waals surface area contributed by atoms with Crippen LogP contribution in [-0.4, -0.2) is 23.9 Å². The fourth-order valence-electron chi connectivity index (χ4n) is 1.37. The summed E-state index contributed by atoms with van der Waals surface area (Å²) in [4.78, 5) is 13.2. The fraction of sp³-hybridized carbons (Fsp3) is 0.364. The lowest BCUT2D eigenvalue weighted by Gasteiger charge is -2.18. The first kappa shape index (κ1) is 11.6. The molecule has 0 saturated heterocycles. The zero-order valence-electron chi connectivity index (χ0n) is 8.76. The van der Waals surface area contributed by atoms with Gasteiger partial charge in [0, 0.05) is 24.7 Å². The minimum Gasteiger partial charge on any atom is -0.339 e. The number of hydrogen-bond donors (Lipinski definition) is 0. The molecule has 0 saturated carbocycles. The maximum absolute atomic E-state index is 12.8. The monoisotopic (exact) mass is 213 g/mol. The van der Waals surface area contributed by atoms with Gasteiger partial charge in [-0.1, -0.05) is 0 Å². The molecule has 0 atom stereocenters. The van der Waals surface area contributed by atoms with Crippen molar-refractivity contribution in [3.8, 4) is 0 Å². The molecule has 0 heterocycles. The number of halogens is 2. The summed E-state index contributed by atoms with van der Waals surface area (Å²) in [6, 6.07) is 2.84. The molecule has 0 bridgehead atoms. The van der Waals surface area contributed by atoms with E-state index in [4.69, 9.17) is 0 Å². The third kappa shape index (κ3) is 2.75. The number of nitrogens with zero attached hydrogens (tertiary/aromatic N) is 1. The summed E-state index contributed by atoms with van der Waals surface area (Å²) >= 11 is 0. The van der Waals surface area contributed by atoms with Gasteiger partial charge in [-0.05, 0) is 26.0 Å². The van der Waals surface area contributed by atoms with Gasteiger partial charge in [0.2, 0.25) is 0 Å². The first-order chi connectivity index (χ1) is 7.08. The third-order valence-corrected chi connectivity index (χ3v) is 2.16. The summed E-state index contributed by atoms with van der Waals surface area (Å²) in [6.07, 6.45) is 0. The number of hydrogen-bond acceptors (Lipinski definition) is 1. The van der Waals surface area contributed by atoms with Crippen LogP contribution in [0.4, 0.5) is 8.78 Å². The highest BCUT2D eigenvalue weighted by Gasteiger charge is 2.14. The molecule has 82 valence electrons. The average Bonchev–Trinajstić information content (AvgIpc) is 2.18. The molecule has 0 aliphatic rings. The Morgan fingerprint density at radius 2 is 1.60 bits per heavy atom. The second-order valence-corrected chi connectivity index (χ2v) is 3.14. The molecular weight excluding hydrogens is 200 g/mol. The minimum absolute atomic E-state index is 0.0520. The molecule has 0 aliphatic heterocycles. The average molecular weight is 213 g/mol. The van der Waals surface area contributed by atoms with E-state index in [0.717, 1.165) is 18.2 Å². The Morgan fingerprint density at radius 3 is 2.00 bits per heavy atom. The highest BCUT2D eigenvalue weighted by atomic mass is 19.1. The first-order valence-corrected chi connectivity index (χ1v) is 4.83. The van der Waals surface area contributed by atoms with E-state index in [-0.39, 0.29) is 11.5 Å². The molecule has 0 aromatic heterocycles. The predicted octanol–water partition coefficient (Wildman–Crippen LogP) is 2.45. The molecule has 0 N–H and O–H groups in total. The molecule has 0 fully saturated rings. The van der Waals surface area contributed by atoms with Crippen LogP contribution in [0.1, 0.15) is 24.2 Å². The highest BCUT2D eigenvalue weighted by Crippen LogP contribution is 2.10. The quantitative estimate of drug-likeness (QED) is 0.755. The first-order valence-electron chi connectivity index (χ1n) is 4.83. The molecule has 1 amide bonds. The Balaban J connectivity index is 3.00. The van der Waals surface area contributed by atoms with Gasteiger partial charge in [-0.2, -0.15) is 0 Å². The molecule has 15 heavy (non-hydrogen) atoms. The smallest absolute Gasteiger partial charge is 0.254 e. The standard InChI is InChI=1S/C11H13F2NO/c1-3-14(4-2)11(15)8-5-9(12)7-10(13)6-8/h5-7H,3-4H2,1-2H3. The second kappa shape index (κ2) is 4.87. The van der Waals surface area contributed by atoms with Gasteiger partial charge in [0.05, 0.1) is 0 Å². The van der Waals surface area contributed by atoms with E-state index in [2.05, 4.69) is 0 Å². The van der Waals surface area contributed by atoms with Crippen LogP contribution in [0.3, 0.4) is 0 Å². The second-order valence-electron chi connectivity index (χ2n) is 3.14. The maximum Gasteiger partial charge on any atom is 0.254 e. The van der Waals surface area contributed by atoms with Crippen molar-refractivity contribution >= 4 is 5.91 Å². The van der Waals surface area contributed by atoms with Crippen molar-refractivity contribution in [3.05, 3.63) is 35.4 Å². The Kier molecular flexibility index (Phi) is 3.77. The summed E-state index contributed by atoms with van der Waals surface area (Å²) < 4.78 is 25.7. The van der Waals surface area contributed by atoms with Gasteiger partial charge in [-0.3, -0.25) is 4.79 Å². The molecule has 2 nitrogen and oxygen atoms in total. The summed E-state index contributed by atoms with van der Waals surface area (Å²) in [7, 11) is 0. The molecule has 0 aliphatic carbocycles. The number of carbonyl (C=O) groups is 1. The van der Waals surface area contributed by atoms with Crippen LogP contribution in [-0.2, 0) is 0 Å².